The summed E-state index contributed by atoms with van der Waals surface area (Å²) >= 11 is 0. The highest BCUT2D eigenvalue weighted by Crippen LogP contribution is 2.28. The van der Waals surface area contributed by atoms with Gasteiger partial charge in [0.25, 0.3) is 11.8 Å². The molecule has 0 aliphatic rings. The van der Waals surface area contributed by atoms with Crippen molar-refractivity contribution in [1.82, 2.24) is 0 Å². The summed E-state index contributed by atoms with van der Waals surface area (Å²) in [6.07, 6.45) is -1.25. The minimum atomic E-state index is -1.25. The number of aliphatic hydroxyl groups excluding tert-OH is 1. The zero-order valence-electron chi connectivity index (χ0n) is 20.8. The molecule has 3 aromatic carbocycles. The number of esters is 1. The zero-order chi connectivity index (χ0) is 27.1. The topological polar surface area (TPSA) is 114 Å². The first-order chi connectivity index (χ1) is 17.5. The van der Waals surface area contributed by atoms with E-state index < -0.39 is 12.3 Å². The third kappa shape index (κ3) is 7.39. The number of aryl methyl sites for hydroxylation is 1. The van der Waals surface area contributed by atoms with Gasteiger partial charge in [0.2, 0.25) is 6.29 Å². The van der Waals surface area contributed by atoms with Crippen LogP contribution in [0.25, 0.3) is 0 Å². The van der Waals surface area contributed by atoms with Crippen molar-refractivity contribution < 1.29 is 29.0 Å². The largest absolute Gasteiger partial charge is 0.461 e. The summed E-state index contributed by atoms with van der Waals surface area (Å²) in [5, 5.41) is 15.8. The molecular formula is C29H28N2O6. The zero-order valence-corrected chi connectivity index (χ0v) is 20.8. The van der Waals surface area contributed by atoms with Gasteiger partial charge in [0.05, 0.1) is 5.56 Å². The Morgan fingerprint density at radius 1 is 0.811 bits per heavy atom. The summed E-state index contributed by atoms with van der Waals surface area (Å²) in [5.74, 6) is -0.438. The molecule has 0 spiro atoms. The van der Waals surface area contributed by atoms with Crippen LogP contribution in [0.5, 0.6) is 11.5 Å². The molecule has 0 bridgehead atoms. The van der Waals surface area contributed by atoms with E-state index in [1.54, 1.807) is 87.5 Å². The number of hydrogen-bond donors (Lipinski definition) is 3. The van der Waals surface area contributed by atoms with Gasteiger partial charge in [0, 0.05) is 28.1 Å². The molecule has 3 N–H and O–H groups in total. The van der Waals surface area contributed by atoms with Crippen molar-refractivity contribution in [1.29, 1.82) is 0 Å². The molecule has 0 heterocycles. The van der Waals surface area contributed by atoms with Crippen LogP contribution < -0.4 is 20.1 Å². The summed E-state index contributed by atoms with van der Waals surface area (Å²) in [5.41, 5.74) is 3.29. The van der Waals surface area contributed by atoms with E-state index in [0.717, 1.165) is 0 Å². The van der Waals surface area contributed by atoms with Gasteiger partial charge in [0.1, 0.15) is 11.5 Å². The number of carbonyl (C=O) groups excluding carboxylic acids is 3. The van der Waals surface area contributed by atoms with E-state index in [4.69, 9.17) is 9.47 Å². The van der Waals surface area contributed by atoms with Crippen molar-refractivity contribution in [3.63, 3.8) is 0 Å². The molecule has 1 unspecified atom stereocenters. The third-order valence-electron chi connectivity index (χ3n) is 5.20. The lowest BCUT2D eigenvalue weighted by molar-refractivity contribution is -0.113. The van der Waals surface area contributed by atoms with Crippen molar-refractivity contribution in [2.24, 2.45) is 0 Å². The van der Waals surface area contributed by atoms with E-state index >= 15 is 0 Å². The van der Waals surface area contributed by atoms with Crippen LogP contribution in [0.3, 0.4) is 0 Å². The van der Waals surface area contributed by atoms with Crippen LogP contribution in [0.1, 0.15) is 41.6 Å². The molecule has 3 aromatic rings. The molecule has 0 fully saturated rings. The van der Waals surface area contributed by atoms with Gasteiger partial charge in [-0.25, -0.2) is 4.79 Å². The Hall–Kier alpha value is -4.69. The Kier molecular flexibility index (Phi) is 8.60. The average Bonchev–Trinajstić information content (AvgIpc) is 2.86. The number of nitrogens with one attached hydrogen (secondary N) is 2. The fourth-order valence-corrected chi connectivity index (χ4v) is 3.06. The molecule has 1 atom stereocenters. The molecule has 0 aliphatic heterocycles. The number of hydrogen-bond acceptors (Lipinski definition) is 6. The van der Waals surface area contributed by atoms with E-state index in [1.165, 1.54) is 0 Å². The highest BCUT2D eigenvalue weighted by Gasteiger charge is 2.14. The standard InChI is InChI=1S/C29H28N2O6/c1-17(2)26(32)30-22-10-6-20(7-11-22)28(34)36-24-14-15-25(19(5)16-24)37-29(35)21-8-12-23(13-9-21)31-27(33)18(3)4/h6-16,28,34H,1,3H2,2,4-5H3,(H,30,32)(H,31,33). The number of amides is 2. The number of ether oxygens (including phenoxy) is 2. The highest BCUT2D eigenvalue weighted by atomic mass is 16.6. The van der Waals surface area contributed by atoms with Crippen LogP contribution in [0.4, 0.5) is 11.4 Å². The fourth-order valence-electron chi connectivity index (χ4n) is 3.06. The summed E-state index contributed by atoms with van der Waals surface area (Å²) in [7, 11) is 0. The Morgan fingerprint density at radius 3 is 1.81 bits per heavy atom. The van der Waals surface area contributed by atoms with Crippen molar-refractivity contribution >= 4 is 29.2 Å². The summed E-state index contributed by atoms with van der Waals surface area (Å²) < 4.78 is 11.1. The second-order valence-electron chi connectivity index (χ2n) is 8.46. The summed E-state index contributed by atoms with van der Waals surface area (Å²) in [6.45, 7) is 12.1. The van der Waals surface area contributed by atoms with E-state index in [9.17, 15) is 19.5 Å². The molecule has 190 valence electrons. The van der Waals surface area contributed by atoms with Gasteiger partial charge in [-0.3, -0.25) is 9.59 Å². The monoisotopic (exact) mass is 500 g/mol. The first-order valence-corrected chi connectivity index (χ1v) is 11.3. The number of anilines is 2. The van der Waals surface area contributed by atoms with E-state index in [-0.39, 0.29) is 11.8 Å². The average molecular weight is 501 g/mol. The Morgan fingerprint density at radius 2 is 1.32 bits per heavy atom. The van der Waals surface area contributed by atoms with E-state index in [2.05, 4.69) is 23.8 Å². The van der Waals surface area contributed by atoms with Gasteiger partial charge in [-0.15, -0.1) is 0 Å². The van der Waals surface area contributed by atoms with Crippen molar-refractivity contribution in [2.75, 3.05) is 10.6 Å². The minimum absolute atomic E-state index is 0.287. The Balaban J connectivity index is 1.60. The molecule has 8 nitrogen and oxygen atoms in total. The molecule has 0 aromatic heterocycles. The number of rotatable bonds is 9. The van der Waals surface area contributed by atoms with E-state index in [0.29, 0.717) is 50.7 Å². The lowest BCUT2D eigenvalue weighted by Crippen LogP contribution is -2.13. The smallest absolute Gasteiger partial charge is 0.343 e. The number of aliphatic hydroxyl groups is 1. The SMILES string of the molecule is C=C(C)C(=O)Nc1ccc(C(=O)Oc2ccc(OC(O)c3ccc(NC(=O)C(=C)C)cc3)cc2C)cc1. The maximum absolute atomic E-state index is 12.6. The molecule has 0 aliphatic carbocycles. The van der Waals surface area contributed by atoms with Gasteiger partial charge in [0.15, 0.2) is 0 Å². The van der Waals surface area contributed by atoms with Crippen LogP contribution in [0.15, 0.2) is 91.0 Å². The van der Waals surface area contributed by atoms with Crippen LogP contribution in [-0.4, -0.2) is 22.9 Å². The Labute approximate surface area is 215 Å². The van der Waals surface area contributed by atoms with Gasteiger partial charge in [-0.05, 0) is 80.9 Å². The van der Waals surface area contributed by atoms with Crippen LogP contribution in [0.2, 0.25) is 0 Å². The normalized spacial score (nSPS) is 11.1. The minimum Gasteiger partial charge on any atom is -0.461 e. The predicted molar refractivity (Wildman–Crippen MR) is 141 cm³/mol. The molecule has 0 saturated heterocycles. The third-order valence-corrected chi connectivity index (χ3v) is 5.20. The molecular weight excluding hydrogens is 472 g/mol. The molecule has 2 amide bonds. The molecule has 0 radical (unpaired) electrons. The number of carbonyl (C=O) groups is 3. The lowest BCUT2D eigenvalue weighted by atomic mass is 10.1. The summed E-state index contributed by atoms with van der Waals surface area (Å²) in [4.78, 5) is 36.0. The number of benzene rings is 3. The van der Waals surface area contributed by atoms with Crippen LogP contribution >= 0.6 is 0 Å². The molecule has 3 rings (SSSR count). The second-order valence-corrected chi connectivity index (χ2v) is 8.46. The van der Waals surface area contributed by atoms with Gasteiger partial charge >= 0.3 is 5.97 Å². The molecule has 8 heteroatoms. The van der Waals surface area contributed by atoms with Crippen LogP contribution in [0, 0.1) is 6.92 Å². The maximum Gasteiger partial charge on any atom is 0.343 e. The second kappa shape index (κ2) is 11.8. The van der Waals surface area contributed by atoms with Gasteiger partial charge in [-0.2, -0.15) is 0 Å². The quantitative estimate of drug-likeness (QED) is 0.159. The van der Waals surface area contributed by atoms with Crippen molar-refractivity contribution in [3.8, 4) is 11.5 Å². The molecule has 0 saturated carbocycles. The van der Waals surface area contributed by atoms with Gasteiger partial charge in [-0.1, -0.05) is 25.3 Å². The first kappa shape index (κ1) is 26.9. The maximum atomic E-state index is 12.6. The predicted octanol–water partition coefficient (Wildman–Crippen LogP) is 5.31. The van der Waals surface area contributed by atoms with Gasteiger partial charge < -0.3 is 25.2 Å². The van der Waals surface area contributed by atoms with Crippen molar-refractivity contribution in [3.05, 3.63) is 108 Å². The van der Waals surface area contributed by atoms with E-state index in [1.807, 2.05) is 0 Å². The summed E-state index contributed by atoms with van der Waals surface area (Å²) in [6, 6.07) is 17.7. The molecule has 37 heavy (non-hydrogen) atoms. The lowest BCUT2D eigenvalue weighted by Gasteiger charge is -2.16. The Bertz CT molecular complexity index is 1340. The fraction of sp³-hybridized carbons (Fsp3) is 0.138. The first-order valence-electron chi connectivity index (χ1n) is 11.3. The van der Waals surface area contributed by atoms with Crippen LogP contribution in [-0.2, 0) is 9.59 Å². The highest BCUT2D eigenvalue weighted by molar-refractivity contribution is 6.03. The van der Waals surface area contributed by atoms with Crippen molar-refractivity contribution in [2.45, 2.75) is 27.1 Å².